The first-order valence-electron chi connectivity index (χ1n) is 9.25. The summed E-state index contributed by atoms with van der Waals surface area (Å²) in [7, 11) is 0. The Labute approximate surface area is 169 Å². The van der Waals surface area contributed by atoms with Gasteiger partial charge in [-0.1, -0.05) is 12.1 Å². The first-order chi connectivity index (χ1) is 11.7. The van der Waals surface area contributed by atoms with Crippen LogP contribution in [0.5, 0.6) is 0 Å². The van der Waals surface area contributed by atoms with Gasteiger partial charge in [0.05, 0.1) is 0 Å². The van der Waals surface area contributed by atoms with Gasteiger partial charge in [0, 0.05) is 50.9 Å². The Kier molecular flexibility index (Phi) is 10.3. The second-order valence-electron chi connectivity index (χ2n) is 7.01. The molecule has 2 aliphatic rings. The fraction of sp³-hybridized carbons (Fsp3) is 0.632. The van der Waals surface area contributed by atoms with Crippen molar-refractivity contribution < 1.29 is 4.79 Å². The maximum atomic E-state index is 12.1. The van der Waals surface area contributed by atoms with Crippen LogP contribution in [0.1, 0.15) is 24.8 Å². The van der Waals surface area contributed by atoms with Gasteiger partial charge in [0.25, 0.3) is 0 Å². The number of carbonyl (C=O) groups excluding carboxylic acids is 1. The molecule has 5 nitrogen and oxygen atoms in total. The fourth-order valence-corrected chi connectivity index (χ4v) is 3.58. The second kappa shape index (κ2) is 11.7. The van der Waals surface area contributed by atoms with E-state index in [-0.39, 0.29) is 30.7 Å². The van der Waals surface area contributed by atoms with Crippen LogP contribution in [0.15, 0.2) is 24.3 Å². The summed E-state index contributed by atoms with van der Waals surface area (Å²) in [5.41, 5.74) is 2.63. The van der Waals surface area contributed by atoms with E-state index in [1.807, 2.05) is 0 Å². The molecule has 148 valence electrons. The third kappa shape index (κ3) is 6.95. The highest BCUT2D eigenvalue weighted by atomic mass is 35.5. The number of carbonyl (C=O) groups is 1. The van der Waals surface area contributed by atoms with E-state index in [2.05, 4.69) is 51.6 Å². The first kappa shape index (κ1) is 23.0. The molecule has 0 radical (unpaired) electrons. The van der Waals surface area contributed by atoms with Crippen molar-refractivity contribution >= 4 is 36.4 Å². The van der Waals surface area contributed by atoms with E-state index < -0.39 is 0 Å². The number of amides is 1. The predicted octanol–water partition coefficient (Wildman–Crippen LogP) is 2.22. The Morgan fingerprint density at radius 2 is 1.85 bits per heavy atom. The average Bonchev–Trinajstić information content (AvgIpc) is 2.61. The van der Waals surface area contributed by atoms with E-state index in [0.717, 1.165) is 58.7 Å². The molecule has 26 heavy (non-hydrogen) atoms. The Hall–Kier alpha value is -1.01. The van der Waals surface area contributed by atoms with Crippen LogP contribution in [0, 0.1) is 6.92 Å². The van der Waals surface area contributed by atoms with Crippen LogP contribution in [0.3, 0.4) is 0 Å². The van der Waals surface area contributed by atoms with Gasteiger partial charge in [-0.05, 0) is 50.6 Å². The molecular formula is C19H32Cl2N4O. The molecule has 0 unspecified atom stereocenters. The quantitative estimate of drug-likeness (QED) is 0.792. The highest BCUT2D eigenvalue weighted by Crippen LogP contribution is 2.17. The van der Waals surface area contributed by atoms with Gasteiger partial charge >= 0.3 is 0 Å². The summed E-state index contributed by atoms with van der Waals surface area (Å²) in [6, 6.07) is 9.08. The Morgan fingerprint density at radius 3 is 2.50 bits per heavy atom. The molecule has 0 bridgehead atoms. The van der Waals surface area contributed by atoms with E-state index >= 15 is 0 Å². The number of benzene rings is 1. The number of hydrogen-bond donors (Lipinski definition) is 2. The number of aryl methyl sites for hydroxylation is 1. The number of nitrogens with zero attached hydrogens (tertiary/aromatic N) is 2. The maximum Gasteiger partial charge on any atom is 0.221 e. The zero-order valence-corrected chi connectivity index (χ0v) is 17.2. The van der Waals surface area contributed by atoms with Gasteiger partial charge in [0.1, 0.15) is 0 Å². The lowest BCUT2D eigenvalue weighted by atomic mass is 10.1. The average molecular weight is 403 g/mol. The third-order valence-corrected chi connectivity index (χ3v) is 5.10. The summed E-state index contributed by atoms with van der Waals surface area (Å²) in [5, 5.41) is 6.51. The Bertz CT molecular complexity index is 544. The molecule has 0 aliphatic carbocycles. The molecule has 3 rings (SSSR count). The minimum absolute atomic E-state index is 0. The number of rotatable bonds is 5. The van der Waals surface area contributed by atoms with E-state index in [4.69, 9.17) is 0 Å². The maximum absolute atomic E-state index is 12.1. The van der Waals surface area contributed by atoms with Crippen molar-refractivity contribution in [2.45, 2.75) is 32.2 Å². The summed E-state index contributed by atoms with van der Waals surface area (Å²) in [5.74, 6) is 0.211. The standard InChI is InChI=1S/C19H30N4O.2ClH/c1-16-3-2-4-18(15-16)23-13-11-22(12-14-23)10-7-19(24)21-17-5-8-20-9-6-17;;/h2-4,15,17,20H,5-14H2,1H3,(H,21,24);2*1H. The largest absolute Gasteiger partial charge is 0.369 e. The molecule has 1 aromatic carbocycles. The molecule has 1 amide bonds. The molecule has 2 saturated heterocycles. The molecule has 2 aliphatic heterocycles. The SMILES string of the molecule is Cc1cccc(N2CCN(CCC(=O)NC3CCNCC3)CC2)c1.Cl.Cl. The minimum Gasteiger partial charge on any atom is -0.369 e. The summed E-state index contributed by atoms with van der Waals surface area (Å²) < 4.78 is 0. The van der Waals surface area contributed by atoms with Crippen molar-refractivity contribution in [3.8, 4) is 0 Å². The summed E-state index contributed by atoms with van der Waals surface area (Å²) in [6.07, 6.45) is 2.73. The zero-order chi connectivity index (χ0) is 16.8. The van der Waals surface area contributed by atoms with Crippen molar-refractivity contribution in [2.24, 2.45) is 0 Å². The van der Waals surface area contributed by atoms with E-state index in [0.29, 0.717) is 12.5 Å². The highest BCUT2D eigenvalue weighted by molar-refractivity contribution is 5.85. The molecule has 0 saturated carbocycles. The Morgan fingerprint density at radius 1 is 1.15 bits per heavy atom. The van der Waals surface area contributed by atoms with E-state index in [1.165, 1.54) is 11.3 Å². The number of anilines is 1. The first-order valence-corrected chi connectivity index (χ1v) is 9.25. The topological polar surface area (TPSA) is 47.6 Å². The highest BCUT2D eigenvalue weighted by Gasteiger charge is 2.19. The van der Waals surface area contributed by atoms with E-state index in [1.54, 1.807) is 0 Å². The predicted molar refractivity (Wildman–Crippen MR) is 113 cm³/mol. The molecule has 2 heterocycles. The van der Waals surface area contributed by atoms with Crippen molar-refractivity contribution in [1.29, 1.82) is 0 Å². The van der Waals surface area contributed by atoms with Gasteiger partial charge in [-0.25, -0.2) is 0 Å². The lowest BCUT2D eigenvalue weighted by Gasteiger charge is -2.36. The number of piperazine rings is 1. The van der Waals surface area contributed by atoms with Crippen molar-refractivity contribution in [3.05, 3.63) is 29.8 Å². The van der Waals surface area contributed by atoms with Crippen LogP contribution < -0.4 is 15.5 Å². The summed E-state index contributed by atoms with van der Waals surface area (Å²) in [6.45, 7) is 9.21. The molecule has 0 atom stereocenters. The van der Waals surface area contributed by atoms with Crippen LogP contribution in [0.25, 0.3) is 0 Å². The van der Waals surface area contributed by atoms with Gasteiger partial charge in [-0.2, -0.15) is 0 Å². The number of halogens is 2. The van der Waals surface area contributed by atoms with Gasteiger partial charge < -0.3 is 15.5 Å². The number of hydrogen-bond acceptors (Lipinski definition) is 4. The van der Waals surface area contributed by atoms with Gasteiger partial charge in [0.15, 0.2) is 0 Å². The molecule has 2 N–H and O–H groups in total. The Balaban J connectivity index is 0.00000169. The van der Waals surface area contributed by atoms with Crippen LogP contribution in [0.2, 0.25) is 0 Å². The van der Waals surface area contributed by atoms with Gasteiger partial charge in [-0.3, -0.25) is 9.69 Å². The zero-order valence-electron chi connectivity index (χ0n) is 15.6. The van der Waals surface area contributed by atoms with Crippen LogP contribution >= 0.6 is 24.8 Å². The van der Waals surface area contributed by atoms with E-state index in [9.17, 15) is 4.79 Å². The smallest absolute Gasteiger partial charge is 0.221 e. The van der Waals surface area contributed by atoms with Crippen molar-refractivity contribution in [2.75, 3.05) is 50.7 Å². The normalized spacial score (nSPS) is 18.6. The van der Waals surface area contributed by atoms with Crippen LogP contribution in [-0.4, -0.2) is 62.7 Å². The third-order valence-electron chi connectivity index (χ3n) is 5.10. The minimum atomic E-state index is 0. The monoisotopic (exact) mass is 402 g/mol. The second-order valence-corrected chi connectivity index (χ2v) is 7.01. The van der Waals surface area contributed by atoms with Gasteiger partial charge in [-0.15, -0.1) is 24.8 Å². The molecule has 0 spiro atoms. The van der Waals surface area contributed by atoms with Crippen LogP contribution in [-0.2, 0) is 4.79 Å². The lowest BCUT2D eigenvalue weighted by Crippen LogP contribution is -2.48. The molecule has 2 fully saturated rings. The van der Waals surface area contributed by atoms with Crippen LogP contribution in [0.4, 0.5) is 5.69 Å². The van der Waals surface area contributed by atoms with Crippen molar-refractivity contribution in [3.63, 3.8) is 0 Å². The fourth-order valence-electron chi connectivity index (χ4n) is 3.58. The molecule has 7 heteroatoms. The molecule has 1 aromatic rings. The van der Waals surface area contributed by atoms with Crippen molar-refractivity contribution in [1.82, 2.24) is 15.5 Å². The molecular weight excluding hydrogens is 371 g/mol. The summed E-state index contributed by atoms with van der Waals surface area (Å²) in [4.78, 5) is 17.0. The lowest BCUT2D eigenvalue weighted by molar-refractivity contribution is -0.122. The number of piperidine rings is 1. The number of nitrogens with one attached hydrogen (secondary N) is 2. The molecule has 0 aromatic heterocycles. The summed E-state index contributed by atoms with van der Waals surface area (Å²) >= 11 is 0. The van der Waals surface area contributed by atoms with Gasteiger partial charge in [0.2, 0.25) is 5.91 Å².